The van der Waals surface area contributed by atoms with E-state index in [1.54, 1.807) is 30.7 Å². The summed E-state index contributed by atoms with van der Waals surface area (Å²) in [6.45, 7) is 0. The van der Waals surface area contributed by atoms with Crippen molar-refractivity contribution >= 4 is 34.3 Å². The van der Waals surface area contributed by atoms with Gasteiger partial charge in [-0.25, -0.2) is 15.0 Å². The van der Waals surface area contributed by atoms with Crippen molar-refractivity contribution in [3.05, 3.63) is 31.0 Å². The lowest BCUT2D eigenvalue weighted by Crippen LogP contribution is -2.20. The molecule has 4 rings (SSSR count). The van der Waals surface area contributed by atoms with Crippen LogP contribution in [0.3, 0.4) is 0 Å². The van der Waals surface area contributed by atoms with E-state index in [0.29, 0.717) is 11.3 Å². The van der Waals surface area contributed by atoms with Gasteiger partial charge in [-0.2, -0.15) is 5.10 Å². The third-order valence-electron chi connectivity index (χ3n) is 4.91. The first-order valence-corrected chi connectivity index (χ1v) is 10.2. The van der Waals surface area contributed by atoms with Gasteiger partial charge < -0.3 is 16.1 Å². The van der Waals surface area contributed by atoms with Crippen molar-refractivity contribution < 1.29 is 0 Å². The number of hydrazone groups is 1. The minimum atomic E-state index is 0.244. The summed E-state index contributed by atoms with van der Waals surface area (Å²) >= 11 is 1.72. The number of rotatable bonds is 5. The molecular formula is C18H23N9S. The van der Waals surface area contributed by atoms with Crippen LogP contribution < -0.4 is 11.2 Å². The van der Waals surface area contributed by atoms with Gasteiger partial charge >= 0.3 is 0 Å². The number of nitrogens with one attached hydrogen (secondary N) is 2. The van der Waals surface area contributed by atoms with E-state index in [2.05, 4.69) is 46.4 Å². The van der Waals surface area contributed by atoms with E-state index < -0.39 is 0 Å². The molecule has 146 valence electrons. The number of nitrogens with two attached hydrogens (primary N) is 1. The Labute approximate surface area is 166 Å². The van der Waals surface area contributed by atoms with Crippen LogP contribution in [0.4, 0.5) is 0 Å². The van der Waals surface area contributed by atoms with Gasteiger partial charge in [-0.05, 0) is 31.7 Å². The molecule has 1 aliphatic rings. The van der Waals surface area contributed by atoms with Crippen LogP contribution in [0.5, 0.6) is 0 Å². The van der Waals surface area contributed by atoms with E-state index in [1.807, 2.05) is 18.5 Å². The van der Waals surface area contributed by atoms with Crippen LogP contribution in [0.2, 0.25) is 0 Å². The highest BCUT2D eigenvalue weighted by molar-refractivity contribution is 8.12. The van der Waals surface area contributed by atoms with Gasteiger partial charge in [0.15, 0.2) is 0 Å². The third-order valence-corrected chi connectivity index (χ3v) is 5.99. The molecule has 1 aliphatic carbocycles. The summed E-state index contributed by atoms with van der Waals surface area (Å²) in [5, 5.41) is 9.99. The van der Waals surface area contributed by atoms with Crippen LogP contribution in [0, 0.1) is 0 Å². The number of thioether (sulfide) groups is 1. The number of nitrogens with zero attached hydrogens (tertiary/aromatic N) is 6. The lowest BCUT2D eigenvalue weighted by Gasteiger charge is -2.27. The SMILES string of the molecule is CN/N=C(/N)N=CSC1CCC(n2cc(-c3ncnc4[nH]ccc34)cn2)CC1. The van der Waals surface area contributed by atoms with Crippen molar-refractivity contribution in [3.63, 3.8) is 0 Å². The summed E-state index contributed by atoms with van der Waals surface area (Å²) in [5.74, 6) is 0.244. The number of hydrogen-bond acceptors (Lipinski definition) is 6. The number of H-pyrrole nitrogens is 1. The molecule has 28 heavy (non-hydrogen) atoms. The summed E-state index contributed by atoms with van der Waals surface area (Å²) in [6, 6.07) is 2.42. The van der Waals surface area contributed by atoms with Gasteiger partial charge in [0.05, 0.1) is 23.5 Å². The fraction of sp³-hybridized carbons (Fsp3) is 0.389. The molecular weight excluding hydrogens is 374 g/mol. The predicted molar refractivity (Wildman–Crippen MR) is 113 cm³/mol. The molecule has 9 nitrogen and oxygen atoms in total. The molecule has 4 N–H and O–H groups in total. The molecule has 3 heterocycles. The molecule has 10 heteroatoms. The van der Waals surface area contributed by atoms with Crippen molar-refractivity contribution in [1.29, 1.82) is 0 Å². The van der Waals surface area contributed by atoms with E-state index in [4.69, 9.17) is 5.73 Å². The lowest BCUT2D eigenvalue weighted by molar-refractivity contribution is 0.335. The first kappa shape index (κ1) is 18.5. The largest absolute Gasteiger partial charge is 0.367 e. The minimum absolute atomic E-state index is 0.244. The molecule has 0 unspecified atom stereocenters. The molecule has 0 radical (unpaired) electrons. The van der Waals surface area contributed by atoms with Crippen LogP contribution in [0.1, 0.15) is 31.7 Å². The highest BCUT2D eigenvalue weighted by Crippen LogP contribution is 2.34. The fourth-order valence-corrected chi connectivity index (χ4v) is 4.41. The Morgan fingerprint density at radius 3 is 3.04 bits per heavy atom. The van der Waals surface area contributed by atoms with Crippen LogP contribution in [0.25, 0.3) is 22.3 Å². The second-order valence-electron chi connectivity index (χ2n) is 6.67. The van der Waals surface area contributed by atoms with Gasteiger partial charge in [0.25, 0.3) is 0 Å². The molecule has 0 aromatic carbocycles. The maximum atomic E-state index is 5.63. The fourth-order valence-electron chi connectivity index (χ4n) is 3.52. The van der Waals surface area contributed by atoms with Gasteiger partial charge in [-0.1, -0.05) is 0 Å². The highest BCUT2D eigenvalue weighted by Gasteiger charge is 2.23. The average molecular weight is 398 g/mol. The first-order valence-electron chi connectivity index (χ1n) is 9.25. The Hall–Kier alpha value is -2.88. The standard InChI is InChI=1S/C18H23N9S/c1-20-26-18(19)24-11-28-14-4-2-13(3-5-14)27-9-12(8-25-27)16-15-6-7-21-17(15)23-10-22-16/h6-11,13-14,20H,2-5H2,1H3,(H2,19,26)(H,21,22,23). The van der Waals surface area contributed by atoms with E-state index in [1.165, 1.54) is 0 Å². The van der Waals surface area contributed by atoms with Crippen molar-refractivity contribution in [2.45, 2.75) is 37.0 Å². The van der Waals surface area contributed by atoms with Gasteiger partial charge in [0, 0.05) is 35.6 Å². The van der Waals surface area contributed by atoms with E-state index >= 15 is 0 Å². The highest BCUT2D eigenvalue weighted by atomic mass is 32.2. The molecule has 0 saturated heterocycles. The maximum absolute atomic E-state index is 5.63. The summed E-state index contributed by atoms with van der Waals surface area (Å²) < 4.78 is 2.09. The Kier molecular flexibility index (Phi) is 5.56. The van der Waals surface area contributed by atoms with Gasteiger partial charge in [-0.3, -0.25) is 4.68 Å². The molecule has 3 aromatic rings. The maximum Gasteiger partial charge on any atom is 0.237 e. The van der Waals surface area contributed by atoms with Crippen LogP contribution >= 0.6 is 11.8 Å². The number of hydrogen-bond donors (Lipinski definition) is 3. The average Bonchev–Trinajstić information content (AvgIpc) is 3.38. The van der Waals surface area contributed by atoms with E-state index in [0.717, 1.165) is 48.0 Å². The molecule has 1 saturated carbocycles. The smallest absolute Gasteiger partial charge is 0.237 e. The normalized spacial score (nSPS) is 20.8. The summed E-state index contributed by atoms with van der Waals surface area (Å²) in [4.78, 5) is 15.9. The molecule has 0 aliphatic heterocycles. The zero-order chi connectivity index (χ0) is 19.3. The van der Waals surface area contributed by atoms with E-state index in [9.17, 15) is 0 Å². The number of fused-ring (bicyclic) bond motifs is 1. The Bertz CT molecular complexity index is 982. The van der Waals surface area contributed by atoms with Gasteiger partial charge in [0.1, 0.15) is 12.0 Å². The van der Waals surface area contributed by atoms with Gasteiger partial charge in [0.2, 0.25) is 5.96 Å². The Morgan fingerprint density at radius 2 is 2.21 bits per heavy atom. The second kappa shape index (κ2) is 8.42. The van der Waals surface area contributed by atoms with Gasteiger partial charge in [-0.15, -0.1) is 16.9 Å². The zero-order valence-corrected chi connectivity index (χ0v) is 16.4. The molecule has 0 spiro atoms. The quantitative estimate of drug-likeness (QED) is 0.345. The number of aromatic amines is 1. The molecule has 0 amide bonds. The van der Waals surface area contributed by atoms with Crippen molar-refractivity contribution in [1.82, 2.24) is 30.2 Å². The lowest BCUT2D eigenvalue weighted by atomic mass is 9.95. The van der Waals surface area contributed by atoms with Crippen molar-refractivity contribution in [2.24, 2.45) is 15.8 Å². The monoisotopic (exact) mass is 397 g/mol. The number of guanidine groups is 1. The van der Waals surface area contributed by atoms with Crippen molar-refractivity contribution in [3.8, 4) is 11.3 Å². The summed E-state index contributed by atoms with van der Waals surface area (Å²) in [5.41, 5.74) is 12.8. The molecule has 3 aromatic heterocycles. The van der Waals surface area contributed by atoms with Crippen molar-refractivity contribution in [2.75, 3.05) is 7.05 Å². The Morgan fingerprint density at radius 1 is 1.36 bits per heavy atom. The molecule has 1 fully saturated rings. The van der Waals surface area contributed by atoms with Crippen LogP contribution in [-0.4, -0.2) is 48.5 Å². The summed E-state index contributed by atoms with van der Waals surface area (Å²) in [6.07, 6.45) is 11.9. The Balaban J connectivity index is 1.37. The minimum Gasteiger partial charge on any atom is -0.367 e. The first-order chi connectivity index (χ1) is 13.7. The topological polar surface area (TPSA) is 122 Å². The van der Waals surface area contributed by atoms with Crippen LogP contribution in [0.15, 0.2) is 41.1 Å². The third kappa shape index (κ3) is 4.01. The second-order valence-corrected chi connectivity index (χ2v) is 7.82. The number of aromatic nitrogens is 5. The predicted octanol–water partition coefficient (Wildman–Crippen LogP) is 2.52. The summed E-state index contributed by atoms with van der Waals surface area (Å²) in [7, 11) is 1.70. The molecule has 0 bridgehead atoms. The van der Waals surface area contributed by atoms with Crippen LogP contribution in [-0.2, 0) is 0 Å². The van der Waals surface area contributed by atoms with E-state index in [-0.39, 0.29) is 5.96 Å². The molecule has 0 atom stereocenters. The number of aliphatic imine (C=N–C) groups is 1. The zero-order valence-electron chi connectivity index (χ0n) is 15.6.